The predicted octanol–water partition coefficient (Wildman–Crippen LogP) is 3.30. The highest BCUT2D eigenvalue weighted by Crippen LogP contribution is 2.19. The summed E-state index contributed by atoms with van der Waals surface area (Å²) in [6, 6.07) is 9.44. The van der Waals surface area contributed by atoms with Gasteiger partial charge in [-0.05, 0) is 50.3 Å². The van der Waals surface area contributed by atoms with E-state index in [2.05, 4.69) is 43.4 Å². The summed E-state index contributed by atoms with van der Waals surface area (Å²) in [6.45, 7) is 6.13. The molecule has 2 heteroatoms. The fourth-order valence-corrected chi connectivity index (χ4v) is 1.99. The van der Waals surface area contributed by atoms with Gasteiger partial charge in [0, 0.05) is 6.04 Å². The Hall–Kier alpha value is -0.860. The van der Waals surface area contributed by atoms with Crippen LogP contribution < -0.4 is 5.32 Å². The highest BCUT2D eigenvalue weighted by atomic mass is 16.5. The molecule has 18 heavy (non-hydrogen) atoms. The summed E-state index contributed by atoms with van der Waals surface area (Å²) in [5.41, 5.74) is 2.77. The Morgan fingerprint density at radius 3 is 2.67 bits per heavy atom. The summed E-state index contributed by atoms with van der Waals surface area (Å²) in [7, 11) is 0. The third-order valence-electron chi connectivity index (χ3n) is 3.62. The van der Waals surface area contributed by atoms with Crippen molar-refractivity contribution in [3.05, 3.63) is 35.4 Å². The largest absolute Gasteiger partial charge is 0.374 e. The molecule has 1 unspecified atom stereocenters. The van der Waals surface area contributed by atoms with Gasteiger partial charge in [0.05, 0.1) is 12.7 Å². The molecule has 0 aliphatic heterocycles. The van der Waals surface area contributed by atoms with Crippen LogP contribution in [-0.2, 0) is 17.8 Å². The number of hydrogen-bond donors (Lipinski definition) is 1. The Kier molecular flexibility index (Phi) is 5.21. The van der Waals surface area contributed by atoms with Gasteiger partial charge in [-0.3, -0.25) is 0 Å². The second-order valence-electron chi connectivity index (χ2n) is 5.28. The van der Waals surface area contributed by atoms with Crippen molar-refractivity contribution in [2.24, 2.45) is 0 Å². The molecular formula is C16H25NO. The van der Waals surface area contributed by atoms with Crippen LogP contribution in [-0.4, -0.2) is 18.7 Å². The van der Waals surface area contributed by atoms with Crippen molar-refractivity contribution in [2.45, 2.75) is 58.3 Å². The fourth-order valence-electron chi connectivity index (χ4n) is 1.99. The van der Waals surface area contributed by atoms with Gasteiger partial charge < -0.3 is 10.1 Å². The summed E-state index contributed by atoms with van der Waals surface area (Å²) in [6.07, 6.45) is 5.25. The lowest BCUT2D eigenvalue weighted by Crippen LogP contribution is -2.20. The average molecular weight is 247 g/mol. The van der Waals surface area contributed by atoms with E-state index in [1.165, 1.54) is 24.0 Å². The normalized spacial score (nSPS) is 16.8. The molecule has 100 valence electrons. The molecule has 0 aromatic heterocycles. The number of rotatable bonds is 8. The van der Waals surface area contributed by atoms with E-state index in [4.69, 9.17) is 4.74 Å². The van der Waals surface area contributed by atoms with Crippen LogP contribution in [0.1, 0.15) is 44.2 Å². The Labute approximate surface area is 111 Å². The quantitative estimate of drug-likeness (QED) is 0.761. The maximum atomic E-state index is 5.84. The van der Waals surface area contributed by atoms with Gasteiger partial charge in [0.25, 0.3) is 0 Å². The monoisotopic (exact) mass is 247 g/mol. The summed E-state index contributed by atoms with van der Waals surface area (Å²) in [5.74, 6) is 0. The third kappa shape index (κ3) is 4.43. The topological polar surface area (TPSA) is 21.3 Å². The molecule has 1 aromatic carbocycles. The zero-order valence-corrected chi connectivity index (χ0v) is 11.6. The molecule has 1 saturated carbocycles. The SMILES string of the molecule is CCC(C)OCc1ccccc1CCNC1CC1. The maximum absolute atomic E-state index is 5.84. The molecule has 0 heterocycles. The molecule has 0 amide bonds. The standard InChI is InChI=1S/C16H25NO/c1-3-13(2)18-12-15-7-5-4-6-14(15)10-11-17-16-8-9-16/h4-7,13,16-17H,3,8-12H2,1-2H3. The second kappa shape index (κ2) is 6.91. The Balaban J connectivity index is 1.83. The molecule has 2 nitrogen and oxygen atoms in total. The van der Waals surface area contributed by atoms with Crippen LogP contribution in [0.3, 0.4) is 0 Å². The van der Waals surface area contributed by atoms with E-state index in [0.717, 1.165) is 32.0 Å². The van der Waals surface area contributed by atoms with E-state index < -0.39 is 0 Å². The van der Waals surface area contributed by atoms with Crippen molar-refractivity contribution in [3.8, 4) is 0 Å². The Morgan fingerprint density at radius 2 is 2.00 bits per heavy atom. The zero-order valence-electron chi connectivity index (χ0n) is 11.6. The van der Waals surface area contributed by atoms with Crippen molar-refractivity contribution in [1.29, 1.82) is 0 Å². The minimum Gasteiger partial charge on any atom is -0.374 e. The first-order valence-corrected chi connectivity index (χ1v) is 7.21. The van der Waals surface area contributed by atoms with E-state index in [0.29, 0.717) is 6.10 Å². The molecule has 2 rings (SSSR count). The number of hydrogen-bond acceptors (Lipinski definition) is 2. The molecule has 1 aliphatic rings. The van der Waals surface area contributed by atoms with Crippen LogP contribution in [0.2, 0.25) is 0 Å². The number of ether oxygens (including phenoxy) is 1. The van der Waals surface area contributed by atoms with E-state index in [-0.39, 0.29) is 0 Å². The van der Waals surface area contributed by atoms with Crippen LogP contribution in [0, 0.1) is 0 Å². The highest BCUT2D eigenvalue weighted by Gasteiger charge is 2.19. The molecule has 0 radical (unpaired) electrons. The summed E-state index contributed by atoms with van der Waals surface area (Å²) in [5, 5.41) is 3.57. The maximum Gasteiger partial charge on any atom is 0.0723 e. The average Bonchev–Trinajstić information content (AvgIpc) is 3.21. The van der Waals surface area contributed by atoms with E-state index >= 15 is 0 Å². The van der Waals surface area contributed by atoms with Gasteiger partial charge in [-0.25, -0.2) is 0 Å². The lowest BCUT2D eigenvalue weighted by molar-refractivity contribution is 0.0504. The molecule has 1 aliphatic carbocycles. The van der Waals surface area contributed by atoms with Crippen molar-refractivity contribution in [1.82, 2.24) is 5.32 Å². The minimum atomic E-state index is 0.350. The number of benzene rings is 1. The highest BCUT2D eigenvalue weighted by molar-refractivity contribution is 5.26. The van der Waals surface area contributed by atoms with Crippen LogP contribution in [0.25, 0.3) is 0 Å². The second-order valence-corrected chi connectivity index (χ2v) is 5.28. The van der Waals surface area contributed by atoms with Gasteiger partial charge in [-0.1, -0.05) is 31.2 Å². The number of nitrogens with one attached hydrogen (secondary N) is 1. The Morgan fingerprint density at radius 1 is 1.28 bits per heavy atom. The van der Waals surface area contributed by atoms with E-state index in [1.807, 2.05) is 0 Å². The molecule has 0 saturated heterocycles. The summed E-state index contributed by atoms with van der Waals surface area (Å²) in [4.78, 5) is 0. The first-order valence-electron chi connectivity index (χ1n) is 7.21. The van der Waals surface area contributed by atoms with Gasteiger partial charge in [0.2, 0.25) is 0 Å². The van der Waals surface area contributed by atoms with Crippen LogP contribution in [0.5, 0.6) is 0 Å². The van der Waals surface area contributed by atoms with E-state index in [1.54, 1.807) is 0 Å². The van der Waals surface area contributed by atoms with E-state index in [9.17, 15) is 0 Å². The molecular weight excluding hydrogens is 222 g/mol. The molecule has 1 aromatic rings. The van der Waals surface area contributed by atoms with Gasteiger partial charge >= 0.3 is 0 Å². The van der Waals surface area contributed by atoms with Crippen molar-refractivity contribution in [2.75, 3.05) is 6.54 Å². The zero-order chi connectivity index (χ0) is 12.8. The third-order valence-corrected chi connectivity index (χ3v) is 3.62. The first kappa shape index (κ1) is 13.6. The minimum absolute atomic E-state index is 0.350. The molecule has 0 bridgehead atoms. The van der Waals surface area contributed by atoms with Gasteiger partial charge in [0.15, 0.2) is 0 Å². The van der Waals surface area contributed by atoms with Gasteiger partial charge in [0.1, 0.15) is 0 Å². The Bertz CT molecular complexity index is 360. The van der Waals surface area contributed by atoms with Crippen LogP contribution in [0.15, 0.2) is 24.3 Å². The lowest BCUT2D eigenvalue weighted by atomic mass is 10.1. The van der Waals surface area contributed by atoms with Gasteiger partial charge in [-0.15, -0.1) is 0 Å². The molecule has 0 spiro atoms. The molecule has 1 fully saturated rings. The molecule has 1 atom stereocenters. The van der Waals surface area contributed by atoms with Gasteiger partial charge in [-0.2, -0.15) is 0 Å². The van der Waals surface area contributed by atoms with Crippen molar-refractivity contribution >= 4 is 0 Å². The fraction of sp³-hybridized carbons (Fsp3) is 0.625. The van der Waals surface area contributed by atoms with Crippen LogP contribution in [0.4, 0.5) is 0 Å². The van der Waals surface area contributed by atoms with Crippen molar-refractivity contribution in [3.63, 3.8) is 0 Å². The van der Waals surface area contributed by atoms with Crippen molar-refractivity contribution < 1.29 is 4.74 Å². The summed E-state index contributed by atoms with van der Waals surface area (Å²) >= 11 is 0. The smallest absolute Gasteiger partial charge is 0.0723 e. The molecule has 1 N–H and O–H groups in total. The summed E-state index contributed by atoms with van der Waals surface area (Å²) < 4.78 is 5.84. The predicted molar refractivity (Wildman–Crippen MR) is 75.7 cm³/mol. The first-order chi connectivity index (χ1) is 8.79. The lowest BCUT2D eigenvalue weighted by Gasteiger charge is -2.14. The van der Waals surface area contributed by atoms with Crippen LogP contribution >= 0.6 is 0 Å².